The minimum absolute atomic E-state index is 0.156. The standard InChI is InChI=1S/C20H23BrN2O4/c1-23(2)10-11-25-15-8-6-14(7-9-15)20(24)22-12-16-13-26-18-5-3-4-17(21)19(18)27-16/h3-9,16H,10-13H2,1-2H3,(H,22,24)/t16-/m0/s1. The highest BCUT2D eigenvalue weighted by Crippen LogP contribution is 2.38. The summed E-state index contributed by atoms with van der Waals surface area (Å²) in [6, 6.07) is 12.8. The molecule has 0 aromatic heterocycles. The topological polar surface area (TPSA) is 60.0 Å². The predicted molar refractivity (Wildman–Crippen MR) is 107 cm³/mol. The smallest absolute Gasteiger partial charge is 0.251 e. The molecule has 0 unspecified atom stereocenters. The number of nitrogens with zero attached hydrogens (tertiary/aromatic N) is 1. The number of carbonyl (C=O) groups is 1. The lowest BCUT2D eigenvalue weighted by Crippen LogP contribution is -2.40. The van der Waals surface area contributed by atoms with Gasteiger partial charge in [0.25, 0.3) is 5.91 Å². The molecular weight excluding hydrogens is 412 g/mol. The molecule has 0 fully saturated rings. The Hall–Kier alpha value is -2.25. The molecule has 27 heavy (non-hydrogen) atoms. The molecule has 0 radical (unpaired) electrons. The Labute approximate surface area is 167 Å². The van der Waals surface area contributed by atoms with Gasteiger partial charge in [0.2, 0.25) is 0 Å². The number of amides is 1. The minimum atomic E-state index is -0.242. The van der Waals surface area contributed by atoms with Crippen molar-refractivity contribution in [2.75, 3.05) is 40.4 Å². The normalized spacial score (nSPS) is 15.5. The Bertz CT molecular complexity index is 780. The summed E-state index contributed by atoms with van der Waals surface area (Å²) in [4.78, 5) is 14.4. The van der Waals surface area contributed by atoms with Gasteiger partial charge >= 0.3 is 0 Å². The lowest BCUT2D eigenvalue weighted by Gasteiger charge is -2.27. The summed E-state index contributed by atoms with van der Waals surface area (Å²) in [6.07, 6.45) is -0.242. The maximum Gasteiger partial charge on any atom is 0.251 e. The number of benzene rings is 2. The van der Waals surface area contributed by atoms with Crippen LogP contribution in [0.2, 0.25) is 0 Å². The number of fused-ring (bicyclic) bond motifs is 1. The molecule has 2 aromatic rings. The zero-order valence-electron chi connectivity index (χ0n) is 15.4. The monoisotopic (exact) mass is 434 g/mol. The van der Waals surface area contributed by atoms with E-state index >= 15 is 0 Å². The average molecular weight is 435 g/mol. The van der Waals surface area contributed by atoms with E-state index in [1.54, 1.807) is 24.3 Å². The van der Waals surface area contributed by atoms with Gasteiger partial charge in [0.15, 0.2) is 17.6 Å². The van der Waals surface area contributed by atoms with Crippen LogP contribution in [0.4, 0.5) is 0 Å². The van der Waals surface area contributed by atoms with Crippen LogP contribution in [0.25, 0.3) is 0 Å². The minimum Gasteiger partial charge on any atom is -0.492 e. The largest absolute Gasteiger partial charge is 0.492 e. The Morgan fingerprint density at radius 2 is 2.04 bits per heavy atom. The van der Waals surface area contributed by atoms with E-state index in [2.05, 4.69) is 26.1 Å². The Morgan fingerprint density at radius 1 is 1.26 bits per heavy atom. The van der Waals surface area contributed by atoms with Gasteiger partial charge in [-0.3, -0.25) is 4.79 Å². The van der Waals surface area contributed by atoms with Crippen LogP contribution >= 0.6 is 15.9 Å². The van der Waals surface area contributed by atoms with Gasteiger partial charge in [0, 0.05) is 12.1 Å². The van der Waals surface area contributed by atoms with Crippen molar-refractivity contribution >= 4 is 21.8 Å². The van der Waals surface area contributed by atoms with Gasteiger partial charge < -0.3 is 24.4 Å². The first-order valence-corrected chi connectivity index (χ1v) is 9.56. The third-order valence-electron chi connectivity index (χ3n) is 4.05. The zero-order valence-corrected chi connectivity index (χ0v) is 17.0. The summed E-state index contributed by atoms with van der Waals surface area (Å²) in [5.41, 5.74) is 0.577. The first-order chi connectivity index (χ1) is 13.0. The summed E-state index contributed by atoms with van der Waals surface area (Å²) in [6.45, 7) is 2.20. The van der Waals surface area contributed by atoms with Crippen LogP contribution in [0.15, 0.2) is 46.9 Å². The molecule has 0 spiro atoms. The van der Waals surface area contributed by atoms with Crippen molar-refractivity contribution in [1.82, 2.24) is 10.2 Å². The van der Waals surface area contributed by atoms with Gasteiger partial charge in [-0.15, -0.1) is 0 Å². The zero-order chi connectivity index (χ0) is 19.2. The average Bonchev–Trinajstić information content (AvgIpc) is 2.67. The lowest BCUT2D eigenvalue weighted by molar-refractivity contribution is 0.0784. The van der Waals surface area contributed by atoms with Crippen LogP contribution in [-0.2, 0) is 0 Å². The highest BCUT2D eigenvalue weighted by atomic mass is 79.9. The molecule has 3 rings (SSSR count). The van der Waals surface area contributed by atoms with E-state index < -0.39 is 0 Å². The van der Waals surface area contributed by atoms with Crippen molar-refractivity contribution in [3.63, 3.8) is 0 Å². The second-order valence-electron chi connectivity index (χ2n) is 6.50. The van der Waals surface area contributed by atoms with Crippen LogP contribution in [0, 0.1) is 0 Å². The first-order valence-electron chi connectivity index (χ1n) is 8.76. The van der Waals surface area contributed by atoms with Crippen molar-refractivity contribution in [2.24, 2.45) is 0 Å². The van der Waals surface area contributed by atoms with Crippen LogP contribution in [0.5, 0.6) is 17.2 Å². The second kappa shape index (κ2) is 9.10. The summed E-state index contributed by atoms with van der Waals surface area (Å²) >= 11 is 3.45. The Morgan fingerprint density at radius 3 is 2.78 bits per heavy atom. The van der Waals surface area contributed by atoms with Crippen LogP contribution in [-0.4, -0.2) is 57.3 Å². The number of para-hydroxylation sites is 1. The van der Waals surface area contributed by atoms with Gasteiger partial charge in [-0.25, -0.2) is 0 Å². The molecule has 1 aliphatic rings. The molecule has 1 N–H and O–H groups in total. The van der Waals surface area contributed by atoms with E-state index in [0.717, 1.165) is 16.8 Å². The highest BCUT2D eigenvalue weighted by molar-refractivity contribution is 9.10. The molecule has 1 amide bonds. The van der Waals surface area contributed by atoms with Gasteiger partial charge in [0.05, 0.1) is 11.0 Å². The fraction of sp³-hybridized carbons (Fsp3) is 0.350. The number of halogens is 1. The molecule has 7 heteroatoms. The summed E-state index contributed by atoms with van der Waals surface area (Å²) in [7, 11) is 3.99. The second-order valence-corrected chi connectivity index (χ2v) is 7.36. The van der Waals surface area contributed by atoms with E-state index in [0.29, 0.717) is 36.8 Å². The molecule has 1 aliphatic heterocycles. The Kier molecular flexibility index (Phi) is 6.58. The van der Waals surface area contributed by atoms with Crippen molar-refractivity contribution in [3.05, 3.63) is 52.5 Å². The van der Waals surface area contributed by atoms with Crippen LogP contribution in [0.3, 0.4) is 0 Å². The first kappa shape index (κ1) is 19.5. The maximum absolute atomic E-state index is 12.4. The SMILES string of the molecule is CN(C)CCOc1ccc(C(=O)NC[C@H]2COc3cccc(Br)c3O2)cc1. The van der Waals surface area contributed by atoms with E-state index in [-0.39, 0.29) is 12.0 Å². The van der Waals surface area contributed by atoms with Gasteiger partial charge in [-0.05, 0) is 66.4 Å². The molecule has 1 atom stereocenters. The van der Waals surface area contributed by atoms with Crippen molar-refractivity contribution in [1.29, 1.82) is 0 Å². The highest BCUT2D eigenvalue weighted by Gasteiger charge is 2.23. The molecule has 2 aromatic carbocycles. The molecule has 0 saturated carbocycles. The number of ether oxygens (including phenoxy) is 3. The molecule has 0 bridgehead atoms. The quantitative estimate of drug-likeness (QED) is 0.725. The van der Waals surface area contributed by atoms with E-state index in [1.165, 1.54) is 0 Å². The fourth-order valence-corrected chi connectivity index (χ4v) is 3.00. The summed E-state index contributed by atoms with van der Waals surface area (Å²) < 4.78 is 18.1. The number of nitrogens with one attached hydrogen (secondary N) is 1. The van der Waals surface area contributed by atoms with Gasteiger partial charge in [-0.1, -0.05) is 6.07 Å². The molecular formula is C20H23BrN2O4. The van der Waals surface area contributed by atoms with Gasteiger partial charge in [0.1, 0.15) is 19.0 Å². The van der Waals surface area contributed by atoms with Gasteiger partial charge in [-0.2, -0.15) is 0 Å². The van der Waals surface area contributed by atoms with Crippen LogP contribution in [0.1, 0.15) is 10.4 Å². The Balaban J connectivity index is 1.49. The number of hydrogen-bond acceptors (Lipinski definition) is 5. The van der Waals surface area contributed by atoms with Crippen molar-refractivity contribution in [3.8, 4) is 17.2 Å². The summed E-state index contributed by atoms with van der Waals surface area (Å²) in [5.74, 6) is 1.97. The lowest BCUT2D eigenvalue weighted by atomic mass is 10.2. The maximum atomic E-state index is 12.4. The molecule has 0 aliphatic carbocycles. The van der Waals surface area contributed by atoms with Crippen molar-refractivity contribution < 1.29 is 19.0 Å². The summed E-state index contributed by atoms with van der Waals surface area (Å²) in [5, 5.41) is 2.89. The third-order valence-corrected chi connectivity index (χ3v) is 4.68. The number of likely N-dealkylation sites (N-methyl/N-ethyl adjacent to an activating group) is 1. The molecule has 0 saturated heterocycles. The fourth-order valence-electron chi connectivity index (χ4n) is 2.56. The molecule has 6 nitrogen and oxygen atoms in total. The number of rotatable bonds is 7. The van der Waals surface area contributed by atoms with E-state index in [4.69, 9.17) is 14.2 Å². The molecule has 144 valence electrons. The van der Waals surface area contributed by atoms with E-state index in [1.807, 2.05) is 32.3 Å². The third kappa shape index (κ3) is 5.37. The number of carbonyl (C=O) groups excluding carboxylic acids is 1. The van der Waals surface area contributed by atoms with E-state index in [9.17, 15) is 4.79 Å². The molecule has 1 heterocycles. The predicted octanol–water partition coefficient (Wildman–Crippen LogP) is 2.96. The van der Waals surface area contributed by atoms with Crippen molar-refractivity contribution in [2.45, 2.75) is 6.10 Å². The van der Waals surface area contributed by atoms with Crippen LogP contribution < -0.4 is 19.5 Å². The number of hydrogen-bond donors (Lipinski definition) is 1.